The first-order chi connectivity index (χ1) is 18.1. The molecule has 1 heterocycles. The van der Waals surface area contributed by atoms with Gasteiger partial charge in [-0.05, 0) is 42.3 Å². The average Bonchev–Trinajstić information content (AvgIpc) is 2.84. The van der Waals surface area contributed by atoms with Crippen molar-refractivity contribution in [2.45, 2.75) is 25.6 Å². The van der Waals surface area contributed by atoms with Crippen molar-refractivity contribution in [2.75, 3.05) is 5.32 Å². The van der Waals surface area contributed by atoms with Gasteiger partial charge in [-0.25, -0.2) is 4.98 Å². The molecule has 0 spiro atoms. The smallest absolute Gasteiger partial charge is 0.416 e. The summed E-state index contributed by atoms with van der Waals surface area (Å²) in [6.45, 7) is 0.640. The molecule has 39 heavy (non-hydrogen) atoms. The maximum absolute atomic E-state index is 13.7. The zero-order valence-electron chi connectivity index (χ0n) is 19.7. The minimum Gasteiger partial charge on any atom is -0.505 e. The normalized spacial score (nSPS) is 12.1. The summed E-state index contributed by atoms with van der Waals surface area (Å²) >= 11 is 11.8. The van der Waals surface area contributed by atoms with Crippen molar-refractivity contribution in [2.24, 2.45) is 0 Å². The van der Waals surface area contributed by atoms with Crippen molar-refractivity contribution < 1.29 is 38.4 Å². The molecule has 0 fully saturated rings. The second-order valence-electron chi connectivity index (χ2n) is 8.51. The van der Waals surface area contributed by atoms with Crippen LogP contribution in [0.15, 0.2) is 53.3 Å². The van der Waals surface area contributed by atoms with Gasteiger partial charge in [-0.3, -0.25) is 14.2 Å². The number of hydrogen-bond donors (Lipinski definition) is 5. The van der Waals surface area contributed by atoms with E-state index >= 15 is 0 Å². The maximum Gasteiger partial charge on any atom is 0.416 e. The third-order valence-electron chi connectivity index (χ3n) is 5.79. The lowest BCUT2D eigenvalue weighted by Crippen LogP contribution is -2.37. The third kappa shape index (κ3) is 5.56. The number of phenols is 1. The van der Waals surface area contributed by atoms with Gasteiger partial charge < -0.3 is 25.7 Å². The molecule has 5 N–H and O–H groups in total. The molecule has 1 amide bonds. The van der Waals surface area contributed by atoms with E-state index in [1.165, 1.54) is 25.1 Å². The Balaban J connectivity index is 1.93. The van der Waals surface area contributed by atoms with Gasteiger partial charge in [0.15, 0.2) is 5.75 Å². The Morgan fingerprint density at radius 1 is 1.05 bits per heavy atom. The minimum absolute atomic E-state index is 0.0966. The Labute approximate surface area is 227 Å². The van der Waals surface area contributed by atoms with E-state index in [0.717, 1.165) is 30.3 Å². The zero-order valence-corrected chi connectivity index (χ0v) is 21.2. The number of aliphatic hydroxyl groups is 3. The van der Waals surface area contributed by atoms with Crippen molar-refractivity contribution in [3.63, 3.8) is 0 Å². The van der Waals surface area contributed by atoms with Crippen LogP contribution in [0.1, 0.15) is 32.9 Å². The van der Waals surface area contributed by atoms with Crippen molar-refractivity contribution in [3.05, 3.63) is 97.0 Å². The number of amides is 1. The average molecular weight is 584 g/mol. The van der Waals surface area contributed by atoms with Gasteiger partial charge in [0.1, 0.15) is 0 Å². The lowest BCUT2D eigenvalue weighted by Gasteiger charge is -2.22. The summed E-state index contributed by atoms with van der Waals surface area (Å²) in [5.41, 5.74) is -2.70. The Morgan fingerprint density at radius 3 is 2.26 bits per heavy atom. The molecule has 14 heteroatoms. The summed E-state index contributed by atoms with van der Waals surface area (Å²) in [6.07, 6.45) is -4.80. The first-order valence-corrected chi connectivity index (χ1v) is 11.7. The van der Waals surface area contributed by atoms with Gasteiger partial charge in [0.25, 0.3) is 11.5 Å². The molecule has 0 saturated carbocycles. The predicted molar refractivity (Wildman–Crippen MR) is 136 cm³/mol. The van der Waals surface area contributed by atoms with E-state index in [1.54, 1.807) is 0 Å². The molecule has 0 aliphatic carbocycles. The fraction of sp³-hybridized carbons (Fsp3) is 0.160. The van der Waals surface area contributed by atoms with Gasteiger partial charge in [-0.15, -0.1) is 0 Å². The van der Waals surface area contributed by atoms with Gasteiger partial charge in [0, 0.05) is 5.56 Å². The second kappa shape index (κ2) is 10.1. The lowest BCUT2D eigenvalue weighted by molar-refractivity contribution is -0.330. The number of hydrogen-bond acceptors (Lipinski definition) is 7. The molecule has 3 aromatic carbocycles. The molecule has 0 radical (unpaired) electrons. The Hall–Kier alpha value is -3.68. The highest BCUT2D eigenvalue weighted by Gasteiger charge is 2.35. The molecular formula is C25H18Cl2F3N3O6. The van der Waals surface area contributed by atoms with E-state index in [1.807, 2.05) is 0 Å². The summed E-state index contributed by atoms with van der Waals surface area (Å²) in [4.78, 5) is 30.6. The van der Waals surface area contributed by atoms with Crippen LogP contribution in [-0.2, 0) is 18.7 Å². The Morgan fingerprint density at radius 2 is 1.67 bits per heavy atom. The number of aromatic nitrogens is 2. The highest BCUT2D eigenvalue weighted by molar-refractivity contribution is 6.37. The van der Waals surface area contributed by atoms with Crippen molar-refractivity contribution >= 4 is 45.7 Å². The number of halogens is 5. The van der Waals surface area contributed by atoms with Gasteiger partial charge in [0.05, 0.1) is 38.7 Å². The summed E-state index contributed by atoms with van der Waals surface area (Å²) in [7, 11) is 0. The van der Waals surface area contributed by atoms with Crippen LogP contribution in [0, 0.1) is 6.92 Å². The molecule has 0 aliphatic heterocycles. The number of anilines is 1. The molecular weight excluding hydrogens is 566 g/mol. The summed E-state index contributed by atoms with van der Waals surface area (Å²) < 4.78 is 41.3. The number of nitrogens with one attached hydrogen (secondary N) is 1. The quantitative estimate of drug-likeness (QED) is 0.222. The lowest BCUT2D eigenvalue weighted by atomic mass is 10.1. The van der Waals surface area contributed by atoms with E-state index < -0.39 is 52.9 Å². The van der Waals surface area contributed by atoms with Gasteiger partial charge >= 0.3 is 12.1 Å². The van der Waals surface area contributed by atoms with Crippen LogP contribution >= 0.6 is 23.2 Å². The number of phenolic OH excluding ortho intramolecular Hbond substituents is 1. The molecule has 4 aromatic rings. The van der Waals surface area contributed by atoms with Crippen LogP contribution in [0.3, 0.4) is 0 Å². The maximum atomic E-state index is 13.7. The van der Waals surface area contributed by atoms with Crippen LogP contribution < -0.4 is 10.9 Å². The van der Waals surface area contributed by atoms with Crippen LogP contribution in [0.5, 0.6) is 5.75 Å². The predicted octanol–water partition coefficient (Wildman–Crippen LogP) is 4.12. The fourth-order valence-corrected chi connectivity index (χ4v) is 4.44. The SMILES string of the molecule is Cc1ccc(NC(=O)c2cc(Cl)c(O)c(Cl)c2)c2c(=O)n(Cc3ccccc3C(F)(F)F)c(C(O)(O)O)nc12. The van der Waals surface area contributed by atoms with Gasteiger partial charge in [0.2, 0.25) is 5.82 Å². The molecule has 204 valence electrons. The van der Waals surface area contributed by atoms with E-state index in [0.29, 0.717) is 10.1 Å². The monoisotopic (exact) mass is 583 g/mol. The summed E-state index contributed by atoms with van der Waals surface area (Å²) in [6, 6.07) is 9.29. The first kappa shape index (κ1) is 28.3. The van der Waals surface area contributed by atoms with E-state index in [2.05, 4.69) is 10.3 Å². The fourth-order valence-electron chi connectivity index (χ4n) is 3.96. The Kier molecular flexibility index (Phi) is 7.36. The topological polar surface area (TPSA) is 145 Å². The van der Waals surface area contributed by atoms with E-state index in [9.17, 15) is 43.2 Å². The number of rotatable bonds is 5. The molecule has 0 unspecified atom stereocenters. The van der Waals surface area contributed by atoms with E-state index in [4.69, 9.17) is 23.2 Å². The largest absolute Gasteiger partial charge is 0.505 e. The van der Waals surface area contributed by atoms with Crippen LogP contribution in [0.25, 0.3) is 10.9 Å². The summed E-state index contributed by atoms with van der Waals surface area (Å²) in [5, 5.41) is 41.3. The molecule has 0 atom stereocenters. The van der Waals surface area contributed by atoms with Gasteiger partial charge in [-0.1, -0.05) is 47.5 Å². The highest BCUT2D eigenvalue weighted by atomic mass is 35.5. The second-order valence-corrected chi connectivity index (χ2v) is 9.33. The molecule has 9 nitrogen and oxygen atoms in total. The number of carbonyl (C=O) groups is 1. The zero-order chi connectivity index (χ0) is 28.9. The number of nitrogens with zero attached hydrogens (tertiary/aromatic N) is 2. The Bertz CT molecular complexity index is 1660. The summed E-state index contributed by atoms with van der Waals surface area (Å²) in [5.74, 6) is -6.01. The molecule has 1 aromatic heterocycles. The molecule has 0 saturated heterocycles. The number of aryl methyl sites for hydroxylation is 1. The highest BCUT2D eigenvalue weighted by Crippen LogP contribution is 2.34. The number of benzene rings is 3. The van der Waals surface area contributed by atoms with Crippen LogP contribution in [0.4, 0.5) is 18.9 Å². The van der Waals surface area contributed by atoms with Crippen LogP contribution in [0.2, 0.25) is 10.0 Å². The molecule has 4 rings (SSSR count). The molecule has 0 aliphatic rings. The number of carbonyl (C=O) groups excluding carboxylic acids is 1. The van der Waals surface area contributed by atoms with Crippen molar-refractivity contribution in [3.8, 4) is 5.75 Å². The standard InChI is InChI=1S/C25H18Cl2F3N3O6/c1-11-6-7-17(31-21(35)13-8-15(26)20(34)16(27)9-13)18-19(11)32-23(25(37,38)39)33(22(18)36)10-12-4-2-3-5-14(12)24(28,29)30/h2-9,34,37-39H,10H2,1H3,(H,31,35). The van der Waals surface area contributed by atoms with Gasteiger partial charge in [-0.2, -0.15) is 13.2 Å². The van der Waals surface area contributed by atoms with Crippen molar-refractivity contribution in [1.82, 2.24) is 9.55 Å². The molecule has 0 bridgehead atoms. The number of alkyl halides is 3. The third-order valence-corrected chi connectivity index (χ3v) is 6.37. The minimum atomic E-state index is -4.80. The van der Waals surface area contributed by atoms with E-state index in [-0.39, 0.29) is 32.2 Å². The number of fused-ring (bicyclic) bond motifs is 1. The van der Waals surface area contributed by atoms with Crippen molar-refractivity contribution in [1.29, 1.82) is 0 Å². The van der Waals surface area contributed by atoms with Crippen LogP contribution in [-0.4, -0.2) is 35.9 Å². The number of aromatic hydroxyl groups is 1. The first-order valence-electron chi connectivity index (χ1n) is 11.0.